The topological polar surface area (TPSA) is 76.1 Å². The number of carbonyl (C=O) groups is 1. The second-order valence-electron chi connectivity index (χ2n) is 6.32. The molecule has 1 amide bonds. The number of rotatable bonds is 7. The van der Waals surface area contributed by atoms with Gasteiger partial charge in [0, 0.05) is 17.4 Å². The van der Waals surface area contributed by atoms with Crippen molar-refractivity contribution in [1.29, 1.82) is 0 Å². The Balaban J connectivity index is 2.13. The lowest BCUT2D eigenvalue weighted by Gasteiger charge is -2.13. The number of amides is 1. The van der Waals surface area contributed by atoms with Crippen molar-refractivity contribution in [3.8, 4) is 5.75 Å². The van der Waals surface area contributed by atoms with Crippen LogP contribution in [-0.2, 0) is 0 Å². The molecule has 0 saturated carbocycles. The zero-order chi connectivity index (χ0) is 18.4. The molecule has 0 saturated heterocycles. The van der Waals surface area contributed by atoms with E-state index in [2.05, 4.69) is 20.6 Å². The number of aryl methyl sites for hydroxylation is 1. The summed E-state index contributed by atoms with van der Waals surface area (Å²) in [6, 6.07) is 9.34. The molecule has 2 rings (SSSR count). The summed E-state index contributed by atoms with van der Waals surface area (Å²) in [4.78, 5) is 20.9. The van der Waals surface area contributed by atoms with Gasteiger partial charge in [-0.25, -0.2) is 9.97 Å². The van der Waals surface area contributed by atoms with Gasteiger partial charge in [0.1, 0.15) is 11.4 Å². The fourth-order valence-electron chi connectivity index (χ4n) is 2.16. The summed E-state index contributed by atoms with van der Waals surface area (Å²) in [5.41, 5.74) is 1.91. The first kappa shape index (κ1) is 18.7. The number of hydrogen-bond donors (Lipinski definition) is 2. The van der Waals surface area contributed by atoms with Crippen molar-refractivity contribution in [2.24, 2.45) is 0 Å². The van der Waals surface area contributed by atoms with Gasteiger partial charge in [0.05, 0.1) is 6.10 Å². The Kier molecular flexibility index (Phi) is 6.33. The van der Waals surface area contributed by atoms with E-state index in [4.69, 9.17) is 4.74 Å². The summed E-state index contributed by atoms with van der Waals surface area (Å²) < 4.78 is 5.62. The Labute approximate surface area is 149 Å². The van der Waals surface area contributed by atoms with E-state index < -0.39 is 0 Å². The molecule has 1 aromatic carbocycles. The first-order valence-corrected chi connectivity index (χ1v) is 8.57. The van der Waals surface area contributed by atoms with E-state index in [1.54, 1.807) is 6.07 Å². The smallest absolute Gasteiger partial charge is 0.270 e. The molecule has 1 unspecified atom stereocenters. The van der Waals surface area contributed by atoms with Crippen LogP contribution in [0.4, 0.5) is 11.6 Å². The number of hydrogen-bond acceptors (Lipinski definition) is 5. The first-order chi connectivity index (χ1) is 11.9. The van der Waals surface area contributed by atoms with Gasteiger partial charge in [-0.3, -0.25) is 4.79 Å². The van der Waals surface area contributed by atoms with Gasteiger partial charge in [-0.05, 0) is 64.4 Å². The van der Waals surface area contributed by atoms with Crippen molar-refractivity contribution in [2.45, 2.75) is 53.2 Å². The molecule has 134 valence electrons. The van der Waals surface area contributed by atoms with Gasteiger partial charge in [-0.2, -0.15) is 0 Å². The van der Waals surface area contributed by atoms with Crippen LogP contribution >= 0.6 is 0 Å². The average Bonchev–Trinajstić information content (AvgIpc) is 2.55. The van der Waals surface area contributed by atoms with Gasteiger partial charge in [0.25, 0.3) is 5.91 Å². The fourth-order valence-corrected chi connectivity index (χ4v) is 2.16. The number of ether oxygens (including phenoxy) is 1. The molecule has 2 N–H and O–H groups in total. The maximum Gasteiger partial charge on any atom is 0.270 e. The average molecular weight is 342 g/mol. The molecule has 0 aliphatic carbocycles. The Bertz CT molecular complexity index is 714. The molecule has 0 fully saturated rings. The van der Waals surface area contributed by atoms with Crippen molar-refractivity contribution >= 4 is 17.5 Å². The normalized spacial score (nSPS) is 11.9. The highest BCUT2D eigenvalue weighted by Gasteiger charge is 2.12. The maximum absolute atomic E-state index is 12.3. The second kappa shape index (κ2) is 8.46. The molecule has 0 aliphatic heterocycles. The molecule has 0 spiro atoms. The summed E-state index contributed by atoms with van der Waals surface area (Å²) >= 11 is 0. The van der Waals surface area contributed by atoms with Gasteiger partial charge >= 0.3 is 0 Å². The van der Waals surface area contributed by atoms with E-state index in [-0.39, 0.29) is 18.1 Å². The third-order valence-electron chi connectivity index (χ3n) is 3.56. The number of carbonyl (C=O) groups excluding carboxylic acids is 1. The monoisotopic (exact) mass is 342 g/mol. The zero-order valence-corrected chi connectivity index (χ0v) is 15.5. The highest BCUT2D eigenvalue weighted by atomic mass is 16.5. The molecule has 1 heterocycles. The molecule has 6 heteroatoms. The molecule has 1 aromatic heterocycles. The van der Waals surface area contributed by atoms with Crippen LogP contribution in [-0.4, -0.2) is 28.0 Å². The molecule has 0 aliphatic rings. The molecule has 6 nitrogen and oxygen atoms in total. The van der Waals surface area contributed by atoms with E-state index in [1.807, 2.05) is 58.9 Å². The minimum absolute atomic E-state index is 0.104. The zero-order valence-electron chi connectivity index (χ0n) is 15.5. The van der Waals surface area contributed by atoms with Crippen LogP contribution in [0, 0.1) is 6.92 Å². The van der Waals surface area contributed by atoms with Gasteiger partial charge in [0.15, 0.2) is 0 Å². The molecular weight excluding hydrogens is 316 g/mol. The number of benzene rings is 1. The van der Waals surface area contributed by atoms with Crippen molar-refractivity contribution < 1.29 is 9.53 Å². The molecule has 25 heavy (non-hydrogen) atoms. The summed E-state index contributed by atoms with van der Waals surface area (Å²) in [5, 5.41) is 6.05. The van der Waals surface area contributed by atoms with E-state index in [1.165, 1.54) is 0 Å². The fraction of sp³-hybridized carbons (Fsp3) is 0.421. The highest BCUT2D eigenvalue weighted by Crippen LogP contribution is 2.19. The molecule has 0 radical (unpaired) electrons. The number of anilines is 2. The summed E-state index contributed by atoms with van der Waals surface area (Å²) in [6.07, 6.45) is 0.997. The number of aromatic nitrogens is 2. The number of nitrogens with zero attached hydrogens (tertiary/aromatic N) is 2. The van der Waals surface area contributed by atoms with Crippen LogP contribution in [0.1, 0.15) is 50.3 Å². The lowest BCUT2D eigenvalue weighted by Crippen LogP contribution is -2.32. The summed E-state index contributed by atoms with van der Waals surface area (Å²) in [7, 11) is 0. The largest absolute Gasteiger partial charge is 0.491 e. The van der Waals surface area contributed by atoms with E-state index in [0.29, 0.717) is 11.6 Å². The van der Waals surface area contributed by atoms with E-state index in [0.717, 1.165) is 23.6 Å². The SMILES string of the molecule is CCC(C)NC(=O)c1cc(C)nc(Nc2ccc(OC(C)C)cc2)n1. The Hall–Kier alpha value is -2.63. The van der Waals surface area contributed by atoms with E-state index in [9.17, 15) is 4.79 Å². The van der Waals surface area contributed by atoms with Crippen molar-refractivity contribution in [1.82, 2.24) is 15.3 Å². The lowest BCUT2D eigenvalue weighted by molar-refractivity contribution is 0.0934. The third kappa shape index (κ3) is 5.74. The van der Waals surface area contributed by atoms with Gasteiger partial charge < -0.3 is 15.4 Å². The Morgan fingerprint density at radius 3 is 2.44 bits per heavy atom. The van der Waals surface area contributed by atoms with Crippen LogP contribution in [0.2, 0.25) is 0 Å². The minimum Gasteiger partial charge on any atom is -0.491 e. The van der Waals surface area contributed by atoms with Crippen LogP contribution in [0.15, 0.2) is 30.3 Å². The van der Waals surface area contributed by atoms with Crippen molar-refractivity contribution in [3.05, 3.63) is 41.7 Å². The first-order valence-electron chi connectivity index (χ1n) is 8.57. The summed E-state index contributed by atoms with van der Waals surface area (Å²) in [5.74, 6) is 1.01. The van der Waals surface area contributed by atoms with Crippen molar-refractivity contribution in [3.63, 3.8) is 0 Å². The Morgan fingerprint density at radius 1 is 1.16 bits per heavy atom. The van der Waals surface area contributed by atoms with Gasteiger partial charge in [0.2, 0.25) is 5.95 Å². The molecule has 1 atom stereocenters. The minimum atomic E-state index is -0.191. The molecular formula is C19H26N4O2. The Morgan fingerprint density at radius 2 is 1.84 bits per heavy atom. The van der Waals surface area contributed by atoms with Crippen LogP contribution < -0.4 is 15.4 Å². The second-order valence-corrected chi connectivity index (χ2v) is 6.32. The highest BCUT2D eigenvalue weighted by molar-refractivity contribution is 5.92. The third-order valence-corrected chi connectivity index (χ3v) is 3.56. The predicted octanol–water partition coefficient (Wildman–Crippen LogP) is 3.84. The maximum atomic E-state index is 12.3. The van der Waals surface area contributed by atoms with Crippen molar-refractivity contribution in [2.75, 3.05) is 5.32 Å². The van der Waals surface area contributed by atoms with Crippen LogP contribution in [0.25, 0.3) is 0 Å². The molecule has 2 aromatic rings. The van der Waals surface area contributed by atoms with Crippen LogP contribution in [0.5, 0.6) is 5.75 Å². The quantitative estimate of drug-likeness (QED) is 0.799. The number of nitrogens with one attached hydrogen (secondary N) is 2. The van der Waals surface area contributed by atoms with Gasteiger partial charge in [-0.15, -0.1) is 0 Å². The van der Waals surface area contributed by atoms with Gasteiger partial charge in [-0.1, -0.05) is 6.92 Å². The summed E-state index contributed by atoms with van der Waals surface area (Å²) in [6.45, 7) is 9.80. The van der Waals surface area contributed by atoms with E-state index >= 15 is 0 Å². The lowest BCUT2D eigenvalue weighted by atomic mass is 10.2. The van der Waals surface area contributed by atoms with Crippen LogP contribution in [0.3, 0.4) is 0 Å². The standard InChI is InChI=1S/C19H26N4O2/c1-6-13(4)20-18(24)17-11-14(5)21-19(23-17)22-15-7-9-16(10-8-15)25-12(2)3/h7-13H,6H2,1-5H3,(H,20,24)(H,21,22,23). The predicted molar refractivity (Wildman–Crippen MR) is 99.5 cm³/mol. The molecule has 0 bridgehead atoms.